The average molecular weight is 505 g/mol. The van der Waals surface area contributed by atoms with Gasteiger partial charge in [0.2, 0.25) is 5.91 Å². The molecule has 8 nitrogen and oxygen atoms in total. The minimum absolute atomic E-state index is 0.0563. The fourth-order valence-corrected chi connectivity index (χ4v) is 4.82. The van der Waals surface area contributed by atoms with Crippen molar-refractivity contribution in [1.82, 2.24) is 10.5 Å². The highest BCUT2D eigenvalue weighted by Crippen LogP contribution is 2.50. The van der Waals surface area contributed by atoms with Crippen LogP contribution in [0.1, 0.15) is 38.3 Å². The Hall–Kier alpha value is -3.15. The molecule has 0 aromatic heterocycles. The summed E-state index contributed by atoms with van der Waals surface area (Å²) in [6.45, 7) is 4.53. The predicted octanol–water partition coefficient (Wildman–Crippen LogP) is 3.97. The zero-order valence-corrected chi connectivity index (χ0v) is 20.6. The van der Waals surface area contributed by atoms with E-state index in [0.717, 1.165) is 30.0 Å². The lowest BCUT2D eigenvalue weighted by Crippen LogP contribution is -2.46. The molecule has 2 aromatic rings. The largest absolute Gasteiger partial charge is 0.372 e. The van der Waals surface area contributed by atoms with E-state index < -0.39 is 28.5 Å². The Balaban J connectivity index is 2.01. The summed E-state index contributed by atoms with van der Waals surface area (Å²) in [7, 11) is 1.40. The zero-order valence-electron chi connectivity index (χ0n) is 19.7. The van der Waals surface area contributed by atoms with Gasteiger partial charge >= 0.3 is 0 Å². The molecule has 0 aliphatic carbocycles. The number of nitrogens with zero attached hydrogens (tertiary/aromatic N) is 3. The third-order valence-electron chi connectivity index (χ3n) is 5.18. The second kappa shape index (κ2) is 11.5. The second-order valence-corrected chi connectivity index (χ2v) is 8.99. The Bertz CT molecular complexity index is 1150. The topological polar surface area (TPSA) is 92.6 Å². The summed E-state index contributed by atoms with van der Waals surface area (Å²) in [5.74, 6) is -1.87. The van der Waals surface area contributed by atoms with Crippen LogP contribution in [-0.4, -0.2) is 47.5 Å². The lowest BCUT2D eigenvalue weighted by Gasteiger charge is -2.36. The number of rotatable bonds is 8. The number of amides is 2. The number of methoxy groups -OCH3 is 1. The zero-order chi connectivity index (χ0) is 25.6. The van der Waals surface area contributed by atoms with E-state index in [0.29, 0.717) is 5.56 Å². The van der Waals surface area contributed by atoms with Crippen molar-refractivity contribution in [2.24, 2.45) is 10.1 Å². The van der Waals surface area contributed by atoms with Crippen LogP contribution in [0.25, 0.3) is 0 Å². The molecule has 2 amide bonds. The average Bonchev–Trinajstić information content (AvgIpc) is 3.23. The molecule has 0 saturated heterocycles. The minimum Gasteiger partial charge on any atom is -0.372 e. The normalized spacial score (nSPS) is 18.9. The van der Waals surface area contributed by atoms with Gasteiger partial charge in [0.1, 0.15) is 33.5 Å². The first-order valence-electron chi connectivity index (χ1n) is 10.8. The maximum atomic E-state index is 14.7. The van der Waals surface area contributed by atoms with Gasteiger partial charge in [-0.05, 0) is 37.6 Å². The highest BCUT2D eigenvalue weighted by atomic mass is 32.2. The summed E-state index contributed by atoms with van der Waals surface area (Å²) >= 11 is 1.12. The molecule has 1 heterocycles. The quantitative estimate of drug-likeness (QED) is 0.253. The highest BCUT2D eigenvalue weighted by molar-refractivity contribution is 8.15. The van der Waals surface area contributed by atoms with E-state index in [2.05, 4.69) is 15.6 Å². The van der Waals surface area contributed by atoms with Gasteiger partial charge in [-0.3, -0.25) is 19.9 Å². The van der Waals surface area contributed by atoms with Gasteiger partial charge in [0.15, 0.2) is 0 Å². The first-order valence-corrected chi connectivity index (χ1v) is 11.6. The van der Waals surface area contributed by atoms with E-state index in [9.17, 15) is 18.4 Å². The number of thioether (sulfide) groups is 1. The predicted molar refractivity (Wildman–Crippen MR) is 129 cm³/mol. The van der Waals surface area contributed by atoms with Gasteiger partial charge in [0.25, 0.3) is 5.91 Å². The first kappa shape index (κ1) is 26.5. The Morgan fingerprint density at radius 3 is 2.57 bits per heavy atom. The Morgan fingerprint density at radius 2 is 1.91 bits per heavy atom. The van der Waals surface area contributed by atoms with Crippen LogP contribution >= 0.6 is 11.8 Å². The summed E-state index contributed by atoms with van der Waals surface area (Å²) in [6, 6.07) is 12.2. The third kappa shape index (κ3) is 6.11. The van der Waals surface area contributed by atoms with Crippen LogP contribution in [0, 0.1) is 11.6 Å². The summed E-state index contributed by atoms with van der Waals surface area (Å²) in [4.78, 5) is 32.6. The van der Waals surface area contributed by atoms with Gasteiger partial charge in [-0.25, -0.2) is 13.8 Å². The molecule has 0 fully saturated rings. The van der Waals surface area contributed by atoms with Crippen LogP contribution in [0.4, 0.5) is 8.78 Å². The molecule has 0 saturated carbocycles. The number of aliphatic imine (C=N–C) groups is 1. The minimum atomic E-state index is -1.15. The van der Waals surface area contributed by atoms with Gasteiger partial charge in [-0.2, -0.15) is 10.1 Å². The molecular formula is C24H26F2N4O4S. The number of carbonyl (C=O) groups excluding carboxylic acids is 2. The van der Waals surface area contributed by atoms with E-state index in [4.69, 9.17) is 9.57 Å². The van der Waals surface area contributed by atoms with E-state index in [1.807, 2.05) is 30.3 Å². The van der Waals surface area contributed by atoms with E-state index in [-0.39, 0.29) is 35.4 Å². The smallest absolute Gasteiger partial charge is 0.273 e. The van der Waals surface area contributed by atoms with Crippen molar-refractivity contribution in [2.75, 3.05) is 13.7 Å². The van der Waals surface area contributed by atoms with Gasteiger partial charge in [0, 0.05) is 26.0 Å². The number of carbonyl (C=O) groups is 2. The standard InChI is InChI=1S/C24H26F2N4O4S/c1-15(33-4)23(32)30-24(18-8-6-5-7-9-18,12-13-34-29-16(2)27-17(3)31)35-22(28-30)20-14-19(25)10-11-21(20)26/h5-11,14-15H,12-13H2,1-4H3,(H,27,29,31)/t15-,24?/m0/s1. The van der Waals surface area contributed by atoms with Gasteiger partial charge in [0.05, 0.1) is 6.61 Å². The Kier molecular flexibility index (Phi) is 8.71. The fraction of sp³-hybridized carbons (Fsp3) is 0.333. The number of hydrogen-bond donors (Lipinski definition) is 1. The van der Waals surface area contributed by atoms with Crippen molar-refractivity contribution in [3.05, 3.63) is 71.3 Å². The molecule has 186 valence electrons. The van der Waals surface area contributed by atoms with Crippen molar-refractivity contribution < 1.29 is 27.9 Å². The molecule has 0 radical (unpaired) electrons. The lowest BCUT2D eigenvalue weighted by molar-refractivity contribution is -0.145. The molecule has 1 unspecified atom stereocenters. The van der Waals surface area contributed by atoms with Crippen molar-refractivity contribution in [3.8, 4) is 0 Å². The maximum absolute atomic E-state index is 14.7. The number of ether oxygens (including phenoxy) is 1. The summed E-state index contributed by atoms with van der Waals surface area (Å²) in [6.07, 6.45) is -0.642. The molecule has 1 aliphatic rings. The SMILES string of the molecule is CO[C@@H](C)C(=O)N1N=C(c2cc(F)ccc2F)SC1(CCON/C(C)=N\C(C)=O)c1ccccc1. The molecule has 2 aromatic carbocycles. The summed E-state index contributed by atoms with van der Waals surface area (Å²) in [5.41, 5.74) is 3.24. The van der Waals surface area contributed by atoms with Crippen molar-refractivity contribution in [1.29, 1.82) is 0 Å². The Labute approximate surface area is 206 Å². The number of hydroxylamine groups is 1. The molecule has 35 heavy (non-hydrogen) atoms. The van der Waals surface area contributed by atoms with E-state index in [1.54, 1.807) is 13.8 Å². The van der Waals surface area contributed by atoms with Gasteiger partial charge in [-0.15, -0.1) is 0 Å². The number of halogens is 2. The van der Waals surface area contributed by atoms with Gasteiger partial charge in [-0.1, -0.05) is 42.1 Å². The molecule has 3 rings (SSSR count). The maximum Gasteiger partial charge on any atom is 0.273 e. The van der Waals surface area contributed by atoms with Crippen LogP contribution in [0.5, 0.6) is 0 Å². The molecular weight excluding hydrogens is 478 g/mol. The Morgan fingerprint density at radius 1 is 1.20 bits per heavy atom. The first-order chi connectivity index (χ1) is 16.7. The van der Waals surface area contributed by atoms with Crippen LogP contribution < -0.4 is 5.48 Å². The van der Waals surface area contributed by atoms with Crippen molar-refractivity contribution in [2.45, 2.75) is 38.2 Å². The fourth-order valence-electron chi connectivity index (χ4n) is 3.45. The lowest BCUT2D eigenvalue weighted by atomic mass is 10.0. The second-order valence-electron chi connectivity index (χ2n) is 7.73. The van der Waals surface area contributed by atoms with E-state index >= 15 is 0 Å². The van der Waals surface area contributed by atoms with Crippen LogP contribution in [-0.2, 0) is 24.0 Å². The molecule has 1 N–H and O–H groups in total. The number of amidine groups is 1. The number of nitrogens with one attached hydrogen (secondary N) is 1. The molecule has 1 aliphatic heterocycles. The monoisotopic (exact) mass is 504 g/mol. The molecule has 2 atom stereocenters. The number of hydrogen-bond acceptors (Lipinski definition) is 6. The summed E-state index contributed by atoms with van der Waals surface area (Å²) in [5, 5.41) is 5.84. The van der Waals surface area contributed by atoms with E-state index in [1.165, 1.54) is 19.0 Å². The number of benzene rings is 2. The third-order valence-corrected chi connectivity index (χ3v) is 6.63. The van der Waals surface area contributed by atoms with Crippen LogP contribution in [0.2, 0.25) is 0 Å². The van der Waals surface area contributed by atoms with Gasteiger partial charge < -0.3 is 4.74 Å². The summed E-state index contributed by atoms with van der Waals surface area (Å²) < 4.78 is 33.9. The van der Waals surface area contributed by atoms with Crippen molar-refractivity contribution in [3.63, 3.8) is 0 Å². The van der Waals surface area contributed by atoms with Crippen LogP contribution in [0.3, 0.4) is 0 Å². The molecule has 0 bridgehead atoms. The highest BCUT2D eigenvalue weighted by Gasteiger charge is 2.49. The van der Waals surface area contributed by atoms with Crippen molar-refractivity contribution >= 4 is 34.5 Å². The number of hydrazone groups is 1. The van der Waals surface area contributed by atoms with Crippen LogP contribution in [0.15, 0.2) is 58.6 Å². The molecule has 0 spiro atoms. The molecule has 11 heteroatoms.